The van der Waals surface area contributed by atoms with Crippen LogP contribution in [0.1, 0.15) is 11.3 Å². The Morgan fingerprint density at radius 2 is 2.10 bits per heavy atom. The number of aryl methyl sites for hydroxylation is 3. The van der Waals surface area contributed by atoms with Crippen molar-refractivity contribution in [3.63, 3.8) is 0 Å². The molecule has 0 spiro atoms. The van der Waals surface area contributed by atoms with Crippen molar-refractivity contribution in [1.82, 2.24) is 29.1 Å². The second-order valence-electron chi connectivity index (χ2n) is 6.84. The lowest BCUT2D eigenvalue weighted by Crippen LogP contribution is -2.22. The fraction of sp³-hybridized carbons (Fsp3) is 0.200. The molecule has 1 N–H and O–H groups in total. The molecule has 5 rings (SSSR count). The number of thioether (sulfide) groups is 1. The molecule has 0 saturated carbocycles. The third-order valence-corrected chi connectivity index (χ3v) is 5.64. The molecule has 0 amide bonds. The molecule has 0 radical (unpaired) electrons. The smallest absolute Gasteiger partial charge is 0.261 e. The van der Waals surface area contributed by atoms with Crippen molar-refractivity contribution in [2.75, 3.05) is 6.26 Å². The number of halogens is 1. The largest absolute Gasteiger partial charge is 0.361 e. The number of H-pyrrole nitrogens is 1. The summed E-state index contributed by atoms with van der Waals surface area (Å²) in [7, 11) is 0. The predicted octanol–water partition coefficient (Wildman–Crippen LogP) is 3.33. The van der Waals surface area contributed by atoms with Gasteiger partial charge in [-0.1, -0.05) is 11.8 Å². The molecule has 5 aromatic rings. The van der Waals surface area contributed by atoms with Crippen LogP contribution in [0.3, 0.4) is 0 Å². The third kappa shape index (κ3) is 2.89. The van der Waals surface area contributed by atoms with Gasteiger partial charge in [-0.25, -0.2) is 9.37 Å². The molecule has 0 aliphatic heterocycles. The van der Waals surface area contributed by atoms with Gasteiger partial charge in [-0.05, 0) is 49.4 Å². The molecule has 4 heterocycles. The molecule has 0 aliphatic rings. The number of aromatic amines is 1. The van der Waals surface area contributed by atoms with Crippen LogP contribution < -0.4 is 5.56 Å². The van der Waals surface area contributed by atoms with E-state index in [2.05, 4.69) is 20.1 Å². The Kier molecular flexibility index (Phi) is 4.13. The summed E-state index contributed by atoms with van der Waals surface area (Å²) in [5, 5.41) is 6.40. The minimum absolute atomic E-state index is 0.123. The van der Waals surface area contributed by atoms with Crippen molar-refractivity contribution < 1.29 is 4.39 Å². The Bertz CT molecular complexity index is 1450. The molecule has 0 atom stereocenters. The highest BCUT2D eigenvalue weighted by atomic mass is 32.2. The quantitative estimate of drug-likeness (QED) is 0.462. The molecule has 7 nitrogen and oxygen atoms in total. The summed E-state index contributed by atoms with van der Waals surface area (Å²) in [4.78, 5) is 25.1. The normalized spacial score (nSPS) is 11.8. The molecule has 29 heavy (non-hydrogen) atoms. The Morgan fingerprint density at radius 1 is 1.24 bits per heavy atom. The second kappa shape index (κ2) is 6.70. The summed E-state index contributed by atoms with van der Waals surface area (Å²) in [6.45, 7) is 2.28. The Hall–Kier alpha value is -3.20. The van der Waals surface area contributed by atoms with Crippen molar-refractivity contribution in [1.29, 1.82) is 0 Å². The molecule has 0 unspecified atom stereocenters. The van der Waals surface area contributed by atoms with Crippen molar-refractivity contribution in [3.05, 3.63) is 64.1 Å². The van der Waals surface area contributed by atoms with Gasteiger partial charge in [0.25, 0.3) is 11.3 Å². The van der Waals surface area contributed by atoms with E-state index in [9.17, 15) is 9.18 Å². The highest BCUT2D eigenvalue weighted by molar-refractivity contribution is 7.98. The van der Waals surface area contributed by atoms with Crippen molar-refractivity contribution in [2.45, 2.75) is 25.0 Å². The maximum atomic E-state index is 13.6. The number of fused-ring (bicyclic) bond motifs is 4. The van der Waals surface area contributed by atoms with E-state index in [0.717, 1.165) is 16.5 Å². The second-order valence-corrected chi connectivity index (χ2v) is 7.61. The molecule has 1 aromatic carbocycles. The van der Waals surface area contributed by atoms with E-state index in [0.29, 0.717) is 40.5 Å². The van der Waals surface area contributed by atoms with Crippen LogP contribution in [-0.2, 0) is 13.0 Å². The fourth-order valence-electron chi connectivity index (χ4n) is 3.67. The molecule has 0 fully saturated rings. The van der Waals surface area contributed by atoms with Gasteiger partial charge >= 0.3 is 0 Å². The number of pyridine rings is 1. The Morgan fingerprint density at radius 3 is 2.93 bits per heavy atom. The summed E-state index contributed by atoms with van der Waals surface area (Å²) in [6.07, 6.45) is 6.13. The summed E-state index contributed by atoms with van der Waals surface area (Å²) in [5.41, 5.74) is 3.04. The molecule has 0 saturated heterocycles. The molecule has 0 aliphatic carbocycles. The lowest BCUT2D eigenvalue weighted by atomic mass is 10.1. The number of hydrogen-bond acceptors (Lipinski definition) is 5. The first-order valence-corrected chi connectivity index (χ1v) is 10.3. The molecule has 4 aromatic heterocycles. The number of nitrogens with one attached hydrogen (secondary N) is 1. The van der Waals surface area contributed by atoms with Crippen molar-refractivity contribution in [2.24, 2.45) is 0 Å². The number of aromatic nitrogens is 6. The first-order chi connectivity index (χ1) is 14.0. The van der Waals surface area contributed by atoms with Crippen LogP contribution in [0.4, 0.5) is 4.39 Å². The van der Waals surface area contributed by atoms with Gasteiger partial charge in [0.05, 0.1) is 16.6 Å². The highest BCUT2D eigenvalue weighted by Crippen LogP contribution is 2.21. The topological polar surface area (TPSA) is 80.9 Å². The van der Waals surface area contributed by atoms with Gasteiger partial charge in [0.15, 0.2) is 0 Å². The number of rotatable bonds is 4. The number of nitrogens with zero attached hydrogens (tertiary/aromatic N) is 5. The first-order valence-electron chi connectivity index (χ1n) is 9.11. The Balaban J connectivity index is 1.56. The SMILES string of the molecule is CSc1nc2nc(C)c3c(=O)n(CCc4c[nH]c5ccc(F)cc45)ccc3n2n1. The van der Waals surface area contributed by atoms with Gasteiger partial charge in [-0.3, -0.25) is 4.79 Å². The molecular weight excluding hydrogens is 391 g/mol. The van der Waals surface area contributed by atoms with E-state index in [-0.39, 0.29) is 11.4 Å². The van der Waals surface area contributed by atoms with Crippen LogP contribution >= 0.6 is 11.8 Å². The summed E-state index contributed by atoms with van der Waals surface area (Å²) in [6, 6.07) is 6.53. The van der Waals surface area contributed by atoms with Crippen LogP contribution in [0.5, 0.6) is 0 Å². The fourth-order valence-corrected chi connectivity index (χ4v) is 4.00. The zero-order chi connectivity index (χ0) is 20.1. The average molecular weight is 408 g/mol. The van der Waals surface area contributed by atoms with Crippen molar-refractivity contribution >= 4 is 39.3 Å². The number of benzene rings is 1. The third-order valence-electron chi connectivity index (χ3n) is 5.11. The van der Waals surface area contributed by atoms with Gasteiger partial charge in [0.1, 0.15) is 5.82 Å². The van der Waals surface area contributed by atoms with Crippen LogP contribution in [0, 0.1) is 12.7 Å². The van der Waals surface area contributed by atoms with E-state index in [1.165, 1.54) is 23.9 Å². The van der Waals surface area contributed by atoms with E-state index < -0.39 is 0 Å². The molecule has 9 heteroatoms. The molecular formula is C20H17FN6OS. The molecule has 146 valence electrons. The standard InChI is InChI=1S/C20H17FN6OS/c1-11-17-16(27-19(23-11)24-20(25-27)29-2)6-8-26(18(17)28)7-5-12-10-22-15-4-3-13(21)9-14(12)15/h3-4,6,8-10,22H,5,7H2,1-2H3. The van der Waals surface area contributed by atoms with E-state index in [1.807, 2.05) is 25.4 Å². The van der Waals surface area contributed by atoms with E-state index in [1.54, 1.807) is 21.3 Å². The summed E-state index contributed by atoms with van der Waals surface area (Å²) >= 11 is 1.43. The van der Waals surface area contributed by atoms with E-state index in [4.69, 9.17) is 0 Å². The van der Waals surface area contributed by atoms with Gasteiger partial charge < -0.3 is 9.55 Å². The van der Waals surface area contributed by atoms with Gasteiger partial charge in [-0.2, -0.15) is 9.50 Å². The maximum absolute atomic E-state index is 13.6. The first kappa shape index (κ1) is 17.9. The van der Waals surface area contributed by atoms with Crippen LogP contribution in [0.25, 0.3) is 27.6 Å². The lowest BCUT2D eigenvalue weighted by Gasteiger charge is -2.09. The van der Waals surface area contributed by atoms with Gasteiger partial charge in [0.2, 0.25) is 5.16 Å². The molecule has 0 bridgehead atoms. The average Bonchev–Trinajstić information content (AvgIpc) is 3.30. The van der Waals surface area contributed by atoms with Gasteiger partial charge in [0, 0.05) is 29.8 Å². The maximum Gasteiger partial charge on any atom is 0.261 e. The zero-order valence-electron chi connectivity index (χ0n) is 15.8. The van der Waals surface area contributed by atoms with Gasteiger partial charge in [-0.15, -0.1) is 5.10 Å². The summed E-state index contributed by atoms with van der Waals surface area (Å²) in [5.74, 6) is 0.210. The number of hydrogen-bond donors (Lipinski definition) is 1. The predicted molar refractivity (Wildman–Crippen MR) is 111 cm³/mol. The van der Waals surface area contributed by atoms with E-state index >= 15 is 0 Å². The highest BCUT2D eigenvalue weighted by Gasteiger charge is 2.14. The Labute approximate surface area is 168 Å². The zero-order valence-corrected chi connectivity index (χ0v) is 16.6. The monoisotopic (exact) mass is 408 g/mol. The summed E-state index contributed by atoms with van der Waals surface area (Å²) < 4.78 is 16.9. The van der Waals surface area contributed by atoms with Crippen LogP contribution in [-0.4, -0.2) is 35.4 Å². The van der Waals surface area contributed by atoms with Crippen molar-refractivity contribution in [3.8, 4) is 0 Å². The minimum Gasteiger partial charge on any atom is -0.361 e. The lowest BCUT2D eigenvalue weighted by molar-refractivity contribution is 0.629. The minimum atomic E-state index is -0.274. The van der Waals surface area contributed by atoms with Crippen LogP contribution in [0.2, 0.25) is 0 Å². The van der Waals surface area contributed by atoms with Crippen LogP contribution in [0.15, 0.2) is 46.6 Å².